The summed E-state index contributed by atoms with van der Waals surface area (Å²) < 4.78 is 21.7. The molecule has 1 aromatic heterocycles. The molecule has 8 nitrogen and oxygen atoms in total. The molecule has 7 rings (SSSR count). The number of fused-ring (bicyclic) bond motifs is 2. The lowest BCUT2D eigenvalue weighted by molar-refractivity contribution is -0.197. The number of imidazole rings is 1. The van der Waals surface area contributed by atoms with Gasteiger partial charge in [-0.05, 0) is 69.3 Å². The molecule has 3 aromatic rings. The fourth-order valence-electron chi connectivity index (χ4n) is 7.32. The van der Waals surface area contributed by atoms with E-state index in [-0.39, 0.29) is 30.4 Å². The highest BCUT2D eigenvalue weighted by molar-refractivity contribution is 6.08. The average molecular weight is 531 g/mol. The van der Waals surface area contributed by atoms with E-state index in [1.165, 1.54) is 38.5 Å². The van der Waals surface area contributed by atoms with Crippen molar-refractivity contribution < 1.29 is 19.0 Å². The van der Waals surface area contributed by atoms with Crippen LogP contribution in [0.5, 0.6) is 0 Å². The molecule has 0 radical (unpaired) electrons. The molecule has 8 heteroatoms. The third-order valence-corrected chi connectivity index (χ3v) is 9.16. The monoisotopic (exact) mass is 530 g/mol. The Morgan fingerprint density at radius 2 is 1.79 bits per heavy atom. The van der Waals surface area contributed by atoms with Crippen LogP contribution in [-0.4, -0.2) is 64.1 Å². The number of carbonyl (C=O) groups excluding carboxylic acids is 1. The van der Waals surface area contributed by atoms with Crippen molar-refractivity contribution >= 4 is 22.6 Å². The van der Waals surface area contributed by atoms with Gasteiger partial charge in [0.1, 0.15) is 23.8 Å². The first-order valence-electron chi connectivity index (χ1n) is 14.5. The van der Waals surface area contributed by atoms with Crippen molar-refractivity contribution in [2.75, 3.05) is 25.0 Å². The third kappa shape index (κ3) is 4.67. The number of aromatic nitrogens is 2. The zero-order chi connectivity index (χ0) is 26.6. The van der Waals surface area contributed by atoms with Gasteiger partial charge in [-0.25, -0.2) is 4.98 Å². The zero-order valence-electron chi connectivity index (χ0n) is 22.8. The molecule has 1 amide bonds. The number of carbonyl (C=O) groups is 1. The molecule has 1 aliphatic carbocycles. The predicted molar refractivity (Wildman–Crippen MR) is 148 cm³/mol. The van der Waals surface area contributed by atoms with E-state index >= 15 is 0 Å². The number of nitrogens with one attached hydrogen (secondary N) is 1. The lowest BCUT2D eigenvalue weighted by atomic mass is 9.73. The summed E-state index contributed by atoms with van der Waals surface area (Å²) in [5, 5.41) is 3.03. The molecular formula is C31H38N4O4. The van der Waals surface area contributed by atoms with Crippen LogP contribution in [0.15, 0.2) is 54.9 Å². The summed E-state index contributed by atoms with van der Waals surface area (Å²) in [6, 6.07) is 15.1. The van der Waals surface area contributed by atoms with Crippen molar-refractivity contribution in [3.8, 4) is 0 Å². The highest BCUT2D eigenvalue weighted by Gasteiger charge is 2.56. The number of para-hydroxylation sites is 1. The minimum atomic E-state index is -0.670. The standard InChI is InChI=1S/C31H38N4O4/c1-30(2)38-26-24(18-34-17-16-31(19-34)14-7-4-8-15-31)37-29(27(26)39-30)35-20-32-25-22(12-9-13-23(25)35)33-28(36)21-10-5-3-6-11-21/h3,5-6,9-13,20,24,26-27,29H,4,7-8,14-19H2,1-2H3,(H,33,36)/t24-,26-,27-,29-/m1/s1. The maximum absolute atomic E-state index is 12.9. The van der Waals surface area contributed by atoms with E-state index in [1.807, 2.05) is 54.8 Å². The van der Waals surface area contributed by atoms with Gasteiger partial charge in [0.15, 0.2) is 12.0 Å². The van der Waals surface area contributed by atoms with E-state index in [1.54, 1.807) is 18.5 Å². The minimum absolute atomic E-state index is 0.0843. The van der Waals surface area contributed by atoms with Gasteiger partial charge >= 0.3 is 0 Å². The second-order valence-corrected chi connectivity index (χ2v) is 12.3. The maximum atomic E-state index is 12.9. The van der Waals surface area contributed by atoms with Crippen LogP contribution in [0.25, 0.3) is 11.0 Å². The second-order valence-electron chi connectivity index (χ2n) is 12.3. The van der Waals surface area contributed by atoms with E-state index in [0.717, 1.165) is 30.7 Å². The lowest BCUT2D eigenvalue weighted by Crippen LogP contribution is -2.40. The average Bonchev–Trinajstić information content (AvgIpc) is 3.68. The van der Waals surface area contributed by atoms with Crippen LogP contribution < -0.4 is 5.32 Å². The van der Waals surface area contributed by atoms with Crippen molar-refractivity contribution in [1.82, 2.24) is 14.5 Å². The van der Waals surface area contributed by atoms with Crippen molar-refractivity contribution in [2.45, 2.75) is 82.7 Å². The van der Waals surface area contributed by atoms with Gasteiger partial charge in [-0.1, -0.05) is 43.5 Å². The Morgan fingerprint density at radius 1 is 1.00 bits per heavy atom. The molecule has 4 aliphatic rings. The Labute approximate surface area is 229 Å². The van der Waals surface area contributed by atoms with Crippen molar-refractivity contribution in [1.29, 1.82) is 0 Å². The Hall–Kier alpha value is -2.78. The van der Waals surface area contributed by atoms with E-state index in [0.29, 0.717) is 16.7 Å². The molecule has 4 fully saturated rings. The Balaban J connectivity index is 1.13. The summed E-state index contributed by atoms with van der Waals surface area (Å²) in [6.45, 7) is 7.11. The quantitative estimate of drug-likeness (QED) is 0.478. The first kappa shape index (κ1) is 25.2. The number of hydrogen-bond acceptors (Lipinski definition) is 6. The molecule has 0 unspecified atom stereocenters. The van der Waals surface area contributed by atoms with Gasteiger partial charge in [0.25, 0.3) is 5.91 Å². The molecule has 3 aliphatic heterocycles. The summed E-state index contributed by atoms with van der Waals surface area (Å²) in [4.78, 5) is 20.1. The number of rotatable bonds is 5. The van der Waals surface area contributed by atoms with Gasteiger partial charge in [0, 0.05) is 18.7 Å². The number of nitrogens with zero attached hydrogens (tertiary/aromatic N) is 3. The first-order valence-corrected chi connectivity index (χ1v) is 14.5. The van der Waals surface area contributed by atoms with Crippen LogP contribution in [0, 0.1) is 5.41 Å². The number of amides is 1. The number of hydrogen-bond donors (Lipinski definition) is 1. The summed E-state index contributed by atoms with van der Waals surface area (Å²) in [5.74, 6) is -0.832. The molecule has 0 bridgehead atoms. The van der Waals surface area contributed by atoms with Crippen LogP contribution >= 0.6 is 0 Å². The predicted octanol–water partition coefficient (Wildman–Crippen LogP) is 5.36. The Bertz CT molecular complexity index is 1350. The molecule has 4 atom stereocenters. The Morgan fingerprint density at radius 3 is 2.62 bits per heavy atom. The minimum Gasteiger partial charge on any atom is -0.348 e. The normalized spacial score (nSPS) is 29.7. The fourth-order valence-corrected chi connectivity index (χ4v) is 7.32. The highest BCUT2D eigenvalue weighted by Crippen LogP contribution is 2.47. The molecule has 2 aromatic carbocycles. The van der Waals surface area contributed by atoms with E-state index in [9.17, 15) is 4.79 Å². The lowest BCUT2D eigenvalue weighted by Gasteiger charge is -2.34. The topological polar surface area (TPSA) is 77.8 Å². The maximum Gasteiger partial charge on any atom is 0.255 e. The van der Waals surface area contributed by atoms with Crippen molar-refractivity contribution in [2.24, 2.45) is 5.41 Å². The van der Waals surface area contributed by atoms with Gasteiger partial charge in [-0.2, -0.15) is 0 Å². The summed E-state index contributed by atoms with van der Waals surface area (Å²) in [7, 11) is 0. The van der Waals surface area contributed by atoms with Gasteiger partial charge in [0.05, 0.1) is 17.5 Å². The fraction of sp³-hybridized carbons (Fsp3) is 0.548. The number of anilines is 1. The van der Waals surface area contributed by atoms with Gasteiger partial charge in [-0.15, -0.1) is 0 Å². The van der Waals surface area contributed by atoms with Crippen LogP contribution in [0.1, 0.15) is 69.0 Å². The molecule has 3 saturated heterocycles. The van der Waals surface area contributed by atoms with Crippen LogP contribution in [0.4, 0.5) is 5.69 Å². The Kier molecular flexibility index (Phi) is 6.27. The summed E-state index contributed by atoms with van der Waals surface area (Å²) in [5.41, 5.74) is 3.39. The number of ether oxygens (including phenoxy) is 3. The smallest absolute Gasteiger partial charge is 0.255 e. The van der Waals surface area contributed by atoms with Gasteiger partial charge in [0.2, 0.25) is 0 Å². The van der Waals surface area contributed by atoms with Gasteiger partial charge in [-0.3, -0.25) is 4.79 Å². The molecule has 39 heavy (non-hydrogen) atoms. The van der Waals surface area contributed by atoms with Crippen LogP contribution in [-0.2, 0) is 14.2 Å². The summed E-state index contributed by atoms with van der Waals surface area (Å²) >= 11 is 0. The number of benzene rings is 2. The molecule has 1 N–H and O–H groups in total. The SMILES string of the molecule is CC1(C)O[C@@H]2[C@H](O1)[C@@H](CN1CCC3(CCCCC3)C1)O[C@H]2n1cnc2c(NC(=O)c3ccccc3)cccc21. The molecule has 1 spiro atoms. The molecular weight excluding hydrogens is 492 g/mol. The van der Waals surface area contributed by atoms with E-state index < -0.39 is 5.79 Å². The van der Waals surface area contributed by atoms with Crippen molar-refractivity contribution in [3.63, 3.8) is 0 Å². The third-order valence-electron chi connectivity index (χ3n) is 9.16. The van der Waals surface area contributed by atoms with Gasteiger partial charge < -0.3 is 29.0 Å². The molecule has 1 saturated carbocycles. The van der Waals surface area contributed by atoms with Crippen LogP contribution in [0.2, 0.25) is 0 Å². The van der Waals surface area contributed by atoms with Crippen LogP contribution in [0.3, 0.4) is 0 Å². The van der Waals surface area contributed by atoms with Crippen molar-refractivity contribution in [3.05, 3.63) is 60.4 Å². The largest absolute Gasteiger partial charge is 0.348 e. The summed E-state index contributed by atoms with van der Waals surface area (Å²) in [6.07, 6.45) is 9.11. The number of likely N-dealkylation sites (tertiary alicyclic amines) is 1. The first-order chi connectivity index (χ1) is 18.9. The van der Waals surface area contributed by atoms with E-state index in [4.69, 9.17) is 19.2 Å². The van der Waals surface area contributed by atoms with E-state index in [2.05, 4.69) is 10.2 Å². The molecule has 4 heterocycles. The zero-order valence-corrected chi connectivity index (χ0v) is 22.8. The second kappa shape index (κ2) is 9.70. The molecule has 206 valence electrons. The highest BCUT2D eigenvalue weighted by atomic mass is 16.8.